The quantitative estimate of drug-likeness (QED) is 0.713. The Morgan fingerprint density at radius 2 is 2.43 bits per heavy atom. The van der Waals surface area contributed by atoms with Crippen LogP contribution in [0.2, 0.25) is 0 Å². The first-order valence-corrected chi connectivity index (χ1v) is 5.80. The van der Waals surface area contributed by atoms with Gasteiger partial charge in [0.15, 0.2) is 0 Å². The maximum absolute atomic E-state index is 5.37. The lowest BCUT2D eigenvalue weighted by Gasteiger charge is -2.20. The van der Waals surface area contributed by atoms with Crippen LogP contribution in [0.1, 0.15) is 40.9 Å². The van der Waals surface area contributed by atoms with Crippen molar-refractivity contribution in [3.8, 4) is 12.3 Å². The first-order valence-electron chi connectivity index (χ1n) is 4.98. The lowest BCUT2D eigenvalue weighted by Crippen LogP contribution is -2.26. The van der Waals surface area contributed by atoms with E-state index in [0.717, 1.165) is 22.1 Å². The van der Waals surface area contributed by atoms with Crippen LogP contribution in [0.3, 0.4) is 0 Å². The maximum Gasteiger partial charge on any atom is 0.127 e. The number of aromatic nitrogens is 1. The molecule has 1 aromatic heterocycles. The molecule has 0 aromatic carbocycles. The van der Waals surface area contributed by atoms with Gasteiger partial charge in [0, 0.05) is 4.88 Å². The van der Waals surface area contributed by atoms with E-state index in [1.54, 1.807) is 11.3 Å². The van der Waals surface area contributed by atoms with Gasteiger partial charge < -0.3 is 5.32 Å². The number of hydrogen-bond acceptors (Lipinski definition) is 3. The summed E-state index contributed by atoms with van der Waals surface area (Å²) in [6.45, 7) is 3.15. The van der Waals surface area contributed by atoms with E-state index in [1.807, 2.05) is 6.92 Å². The summed E-state index contributed by atoms with van der Waals surface area (Å²) in [6.07, 6.45) is 9.13. The zero-order valence-corrected chi connectivity index (χ0v) is 9.16. The summed E-state index contributed by atoms with van der Waals surface area (Å²) in [4.78, 5) is 5.63. The van der Waals surface area contributed by atoms with Gasteiger partial charge in [0.05, 0.1) is 6.04 Å². The Hall–Kier alpha value is -0.850. The van der Waals surface area contributed by atoms with Gasteiger partial charge in [-0.1, -0.05) is 6.42 Å². The first-order chi connectivity index (χ1) is 6.81. The molecule has 14 heavy (non-hydrogen) atoms. The largest absolute Gasteiger partial charge is 0.308 e. The predicted molar refractivity (Wildman–Crippen MR) is 59.4 cm³/mol. The van der Waals surface area contributed by atoms with E-state index in [9.17, 15) is 0 Å². The van der Waals surface area contributed by atoms with Gasteiger partial charge in [-0.05, 0) is 32.2 Å². The molecule has 2 nitrogen and oxygen atoms in total. The highest BCUT2D eigenvalue weighted by Crippen LogP contribution is 2.28. The van der Waals surface area contributed by atoms with Crippen molar-refractivity contribution in [1.82, 2.24) is 10.3 Å². The lowest BCUT2D eigenvalue weighted by molar-refractivity contribution is 0.411. The van der Waals surface area contributed by atoms with Crippen LogP contribution in [0.25, 0.3) is 0 Å². The van der Waals surface area contributed by atoms with Crippen LogP contribution >= 0.6 is 11.3 Å². The number of terminal acetylenes is 1. The number of thiazole rings is 1. The van der Waals surface area contributed by atoms with Crippen LogP contribution in [0.15, 0.2) is 0 Å². The third-order valence-corrected chi connectivity index (χ3v) is 3.64. The summed E-state index contributed by atoms with van der Waals surface area (Å²) in [6, 6.07) is 0.439. The molecular weight excluding hydrogens is 192 g/mol. The molecule has 1 unspecified atom stereocenters. The monoisotopic (exact) mass is 206 g/mol. The average molecular weight is 206 g/mol. The molecule has 2 heterocycles. The van der Waals surface area contributed by atoms with Crippen molar-refractivity contribution in [3.05, 3.63) is 15.6 Å². The second-order valence-electron chi connectivity index (χ2n) is 3.60. The second kappa shape index (κ2) is 4.12. The minimum absolute atomic E-state index is 0.439. The molecule has 1 N–H and O–H groups in total. The Morgan fingerprint density at radius 3 is 3.00 bits per heavy atom. The minimum atomic E-state index is 0.439. The van der Waals surface area contributed by atoms with E-state index in [1.165, 1.54) is 19.3 Å². The smallest absolute Gasteiger partial charge is 0.127 e. The molecule has 1 saturated heterocycles. The van der Waals surface area contributed by atoms with Crippen molar-refractivity contribution in [2.45, 2.75) is 32.2 Å². The molecule has 1 aromatic rings. The molecule has 3 heteroatoms. The van der Waals surface area contributed by atoms with Gasteiger partial charge in [-0.2, -0.15) is 0 Å². The van der Waals surface area contributed by atoms with E-state index in [2.05, 4.69) is 16.2 Å². The molecule has 0 aliphatic carbocycles. The Bertz CT molecular complexity index is 356. The van der Waals surface area contributed by atoms with Crippen molar-refractivity contribution in [2.24, 2.45) is 0 Å². The summed E-state index contributed by atoms with van der Waals surface area (Å²) in [5, 5.41) is 4.64. The van der Waals surface area contributed by atoms with Gasteiger partial charge in [-0.25, -0.2) is 4.98 Å². The number of nitrogens with one attached hydrogen (secondary N) is 1. The molecule has 0 spiro atoms. The number of hydrogen-bond donors (Lipinski definition) is 1. The van der Waals surface area contributed by atoms with Crippen LogP contribution in [-0.2, 0) is 0 Å². The Kier molecular flexibility index (Phi) is 2.85. The standard InChI is InChI=1S/C11H14N2S/c1-3-9-8(2)14-11(13-9)10-6-4-5-7-12-10/h1,10,12H,4-7H2,2H3. The predicted octanol–water partition coefficient (Wildman–Crippen LogP) is 2.25. The fourth-order valence-electron chi connectivity index (χ4n) is 1.76. The van der Waals surface area contributed by atoms with Crippen LogP contribution < -0.4 is 5.32 Å². The van der Waals surface area contributed by atoms with Crippen LogP contribution in [0.5, 0.6) is 0 Å². The SMILES string of the molecule is C#Cc1nc(C2CCCCN2)sc1C. The Labute approximate surface area is 88.8 Å². The van der Waals surface area contributed by atoms with E-state index in [0.29, 0.717) is 6.04 Å². The zero-order chi connectivity index (χ0) is 9.97. The van der Waals surface area contributed by atoms with Gasteiger partial charge >= 0.3 is 0 Å². The van der Waals surface area contributed by atoms with E-state index in [4.69, 9.17) is 6.42 Å². The van der Waals surface area contributed by atoms with Crippen molar-refractivity contribution in [1.29, 1.82) is 0 Å². The summed E-state index contributed by atoms with van der Waals surface area (Å²) >= 11 is 1.73. The van der Waals surface area contributed by atoms with Gasteiger partial charge in [-0.3, -0.25) is 0 Å². The third-order valence-electron chi connectivity index (χ3n) is 2.56. The van der Waals surface area contributed by atoms with E-state index >= 15 is 0 Å². The summed E-state index contributed by atoms with van der Waals surface area (Å²) in [5.74, 6) is 2.63. The van der Waals surface area contributed by atoms with Crippen LogP contribution in [-0.4, -0.2) is 11.5 Å². The first kappa shape index (κ1) is 9.70. The Morgan fingerprint density at radius 1 is 1.57 bits per heavy atom. The second-order valence-corrected chi connectivity index (χ2v) is 4.84. The molecular formula is C11H14N2S. The maximum atomic E-state index is 5.37. The van der Waals surface area contributed by atoms with Crippen molar-refractivity contribution in [2.75, 3.05) is 6.54 Å². The summed E-state index contributed by atoms with van der Waals surface area (Å²) in [5.41, 5.74) is 0.817. The zero-order valence-electron chi connectivity index (χ0n) is 8.34. The third kappa shape index (κ3) is 1.82. The molecule has 74 valence electrons. The number of nitrogens with zero attached hydrogens (tertiary/aromatic N) is 1. The summed E-state index contributed by atoms with van der Waals surface area (Å²) in [7, 11) is 0. The molecule has 0 radical (unpaired) electrons. The minimum Gasteiger partial charge on any atom is -0.308 e. The average Bonchev–Trinajstić information content (AvgIpc) is 2.61. The topological polar surface area (TPSA) is 24.9 Å². The highest BCUT2D eigenvalue weighted by molar-refractivity contribution is 7.11. The molecule has 0 saturated carbocycles. The van der Waals surface area contributed by atoms with Crippen molar-refractivity contribution < 1.29 is 0 Å². The normalized spacial score (nSPS) is 21.9. The molecule has 1 aliphatic heterocycles. The van der Waals surface area contributed by atoms with Gasteiger partial charge in [-0.15, -0.1) is 17.8 Å². The number of aryl methyl sites for hydroxylation is 1. The fourth-order valence-corrected chi connectivity index (χ4v) is 2.76. The highest BCUT2D eigenvalue weighted by atomic mass is 32.1. The van der Waals surface area contributed by atoms with E-state index < -0.39 is 0 Å². The molecule has 0 bridgehead atoms. The molecule has 1 fully saturated rings. The highest BCUT2D eigenvalue weighted by Gasteiger charge is 2.18. The molecule has 1 atom stereocenters. The van der Waals surface area contributed by atoms with Crippen molar-refractivity contribution in [3.63, 3.8) is 0 Å². The lowest BCUT2D eigenvalue weighted by atomic mass is 10.1. The number of piperidine rings is 1. The van der Waals surface area contributed by atoms with E-state index in [-0.39, 0.29) is 0 Å². The van der Waals surface area contributed by atoms with Gasteiger partial charge in [0.25, 0.3) is 0 Å². The molecule has 1 aliphatic rings. The molecule has 0 amide bonds. The van der Waals surface area contributed by atoms with Gasteiger partial charge in [0.2, 0.25) is 0 Å². The van der Waals surface area contributed by atoms with Crippen LogP contribution in [0, 0.1) is 19.3 Å². The molecule has 2 rings (SSSR count). The number of rotatable bonds is 1. The van der Waals surface area contributed by atoms with Crippen LogP contribution in [0.4, 0.5) is 0 Å². The summed E-state index contributed by atoms with van der Waals surface area (Å²) < 4.78 is 0. The van der Waals surface area contributed by atoms with Crippen molar-refractivity contribution >= 4 is 11.3 Å². The van der Waals surface area contributed by atoms with Gasteiger partial charge in [0.1, 0.15) is 10.7 Å². The fraction of sp³-hybridized carbons (Fsp3) is 0.545. The Balaban J connectivity index is 2.19.